The Labute approximate surface area is 88.2 Å². The molecule has 1 unspecified atom stereocenters. The summed E-state index contributed by atoms with van der Waals surface area (Å²) in [6.07, 6.45) is 3.25. The highest BCUT2D eigenvalue weighted by molar-refractivity contribution is 5.73. The molecule has 1 aliphatic heterocycles. The third-order valence-corrected chi connectivity index (χ3v) is 3.47. The summed E-state index contributed by atoms with van der Waals surface area (Å²) >= 11 is 0. The van der Waals surface area contributed by atoms with E-state index in [0.29, 0.717) is 6.42 Å². The van der Waals surface area contributed by atoms with Crippen LogP contribution in [0.5, 0.6) is 0 Å². The molecular formula is C12H13NO2. The first-order valence-electron chi connectivity index (χ1n) is 5.30. The molecule has 1 aliphatic carbocycles. The fourth-order valence-corrected chi connectivity index (χ4v) is 2.70. The van der Waals surface area contributed by atoms with E-state index in [1.165, 1.54) is 5.56 Å². The number of ether oxygens (including phenoxy) is 1. The van der Waals surface area contributed by atoms with E-state index in [0.717, 1.165) is 30.5 Å². The smallest absolute Gasteiger partial charge is 0.306 e. The summed E-state index contributed by atoms with van der Waals surface area (Å²) < 4.78 is 5.50. The van der Waals surface area contributed by atoms with Crippen molar-refractivity contribution in [2.75, 3.05) is 5.73 Å². The van der Waals surface area contributed by atoms with E-state index in [1.807, 2.05) is 18.2 Å². The van der Waals surface area contributed by atoms with Crippen molar-refractivity contribution in [1.82, 2.24) is 0 Å². The maximum atomic E-state index is 11.2. The fraction of sp³-hybridized carbons (Fsp3) is 0.417. The molecule has 78 valence electrons. The lowest BCUT2D eigenvalue weighted by atomic mass is 9.92. The third-order valence-electron chi connectivity index (χ3n) is 3.47. The minimum absolute atomic E-state index is 0.0784. The molecule has 2 aliphatic rings. The standard InChI is InChI=1S/C12H13NO2/c13-9-2-1-8-3-5-12(10(8)7-9)6-4-11(14)15-12/h1-2,7H,3-6,13H2. The van der Waals surface area contributed by atoms with E-state index < -0.39 is 0 Å². The van der Waals surface area contributed by atoms with E-state index in [9.17, 15) is 4.79 Å². The summed E-state index contributed by atoms with van der Waals surface area (Å²) in [6.45, 7) is 0. The van der Waals surface area contributed by atoms with Crippen LogP contribution in [0.15, 0.2) is 18.2 Å². The van der Waals surface area contributed by atoms with Gasteiger partial charge in [0, 0.05) is 24.1 Å². The number of fused-ring (bicyclic) bond motifs is 2. The molecule has 3 nitrogen and oxygen atoms in total. The van der Waals surface area contributed by atoms with Crippen molar-refractivity contribution in [1.29, 1.82) is 0 Å². The minimum atomic E-state index is -0.345. The summed E-state index contributed by atoms with van der Waals surface area (Å²) in [7, 11) is 0. The molecule has 1 aromatic rings. The topological polar surface area (TPSA) is 52.3 Å². The van der Waals surface area contributed by atoms with Gasteiger partial charge in [-0.1, -0.05) is 6.07 Å². The van der Waals surface area contributed by atoms with Crippen LogP contribution in [0.4, 0.5) is 5.69 Å². The van der Waals surface area contributed by atoms with Gasteiger partial charge in [-0.2, -0.15) is 0 Å². The number of anilines is 1. The van der Waals surface area contributed by atoms with Gasteiger partial charge >= 0.3 is 5.97 Å². The second-order valence-corrected chi connectivity index (χ2v) is 4.38. The molecule has 0 radical (unpaired) electrons. The number of benzene rings is 1. The van der Waals surface area contributed by atoms with Crippen LogP contribution in [0.3, 0.4) is 0 Å². The number of hydrogen-bond acceptors (Lipinski definition) is 3. The maximum Gasteiger partial charge on any atom is 0.306 e. The Kier molecular flexibility index (Phi) is 1.61. The summed E-state index contributed by atoms with van der Waals surface area (Å²) in [5, 5.41) is 0. The number of aryl methyl sites for hydroxylation is 1. The van der Waals surface area contributed by atoms with Crippen LogP contribution in [-0.4, -0.2) is 5.97 Å². The molecule has 1 saturated heterocycles. The fourth-order valence-electron chi connectivity index (χ4n) is 2.70. The van der Waals surface area contributed by atoms with Gasteiger partial charge in [-0.05, 0) is 30.5 Å². The molecule has 1 atom stereocenters. The lowest BCUT2D eigenvalue weighted by molar-refractivity contribution is -0.149. The first-order valence-corrected chi connectivity index (χ1v) is 5.30. The quantitative estimate of drug-likeness (QED) is 0.516. The van der Waals surface area contributed by atoms with Gasteiger partial charge < -0.3 is 10.5 Å². The maximum absolute atomic E-state index is 11.2. The van der Waals surface area contributed by atoms with Crippen LogP contribution in [0.2, 0.25) is 0 Å². The van der Waals surface area contributed by atoms with Gasteiger partial charge in [0.25, 0.3) is 0 Å². The van der Waals surface area contributed by atoms with Gasteiger partial charge in [0.05, 0.1) is 0 Å². The van der Waals surface area contributed by atoms with Crippen LogP contribution < -0.4 is 5.73 Å². The molecule has 1 heterocycles. The van der Waals surface area contributed by atoms with Gasteiger partial charge in [0.1, 0.15) is 5.60 Å². The highest BCUT2D eigenvalue weighted by atomic mass is 16.6. The second kappa shape index (κ2) is 2.75. The second-order valence-electron chi connectivity index (χ2n) is 4.38. The lowest BCUT2D eigenvalue weighted by Crippen LogP contribution is -2.22. The Morgan fingerprint density at radius 1 is 1.27 bits per heavy atom. The largest absolute Gasteiger partial charge is 0.454 e. The van der Waals surface area contributed by atoms with E-state index in [2.05, 4.69) is 0 Å². The van der Waals surface area contributed by atoms with Crippen molar-refractivity contribution in [2.24, 2.45) is 0 Å². The molecule has 1 fully saturated rings. The minimum Gasteiger partial charge on any atom is -0.454 e. The first kappa shape index (κ1) is 8.77. The molecular weight excluding hydrogens is 190 g/mol. The zero-order chi connectivity index (χ0) is 10.5. The average molecular weight is 203 g/mol. The van der Waals surface area contributed by atoms with Crippen LogP contribution in [0.1, 0.15) is 30.4 Å². The lowest BCUT2D eigenvalue weighted by Gasteiger charge is -2.23. The number of nitrogen functional groups attached to an aromatic ring is 1. The van der Waals surface area contributed by atoms with Crippen molar-refractivity contribution in [3.05, 3.63) is 29.3 Å². The Balaban J connectivity index is 2.10. The third kappa shape index (κ3) is 1.16. The molecule has 2 N–H and O–H groups in total. The first-order chi connectivity index (χ1) is 7.20. The number of carbonyl (C=O) groups is 1. The average Bonchev–Trinajstić information content (AvgIpc) is 2.74. The zero-order valence-electron chi connectivity index (χ0n) is 8.45. The van der Waals surface area contributed by atoms with Crippen molar-refractivity contribution < 1.29 is 9.53 Å². The molecule has 0 saturated carbocycles. The van der Waals surface area contributed by atoms with Crippen molar-refractivity contribution in [3.63, 3.8) is 0 Å². The Hall–Kier alpha value is -1.51. The van der Waals surface area contributed by atoms with Crippen LogP contribution in [0, 0.1) is 0 Å². The highest BCUT2D eigenvalue weighted by Gasteiger charge is 2.46. The molecule has 0 bridgehead atoms. The molecule has 0 amide bonds. The van der Waals surface area contributed by atoms with E-state index in [1.54, 1.807) is 0 Å². The monoisotopic (exact) mass is 203 g/mol. The number of carbonyl (C=O) groups excluding carboxylic acids is 1. The normalized spacial score (nSPS) is 28.1. The Morgan fingerprint density at radius 3 is 2.80 bits per heavy atom. The van der Waals surface area contributed by atoms with E-state index >= 15 is 0 Å². The van der Waals surface area contributed by atoms with Crippen LogP contribution in [0.25, 0.3) is 0 Å². The van der Waals surface area contributed by atoms with E-state index in [-0.39, 0.29) is 11.6 Å². The highest BCUT2D eigenvalue weighted by Crippen LogP contribution is 2.47. The number of hydrogen-bond donors (Lipinski definition) is 1. The molecule has 1 spiro atoms. The van der Waals surface area contributed by atoms with Gasteiger partial charge in [0.2, 0.25) is 0 Å². The summed E-state index contributed by atoms with van der Waals surface area (Å²) in [5.41, 5.74) is 8.59. The Bertz CT molecular complexity index is 441. The van der Waals surface area contributed by atoms with Gasteiger partial charge in [0.15, 0.2) is 0 Å². The zero-order valence-corrected chi connectivity index (χ0v) is 8.45. The molecule has 3 rings (SSSR count). The molecule has 1 aromatic carbocycles. The molecule has 0 aromatic heterocycles. The van der Waals surface area contributed by atoms with Gasteiger partial charge in [-0.3, -0.25) is 4.79 Å². The van der Waals surface area contributed by atoms with Crippen molar-refractivity contribution in [2.45, 2.75) is 31.3 Å². The molecule has 3 heteroatoms. The SMILES string of the molecule is Nc1ccc2c(c1)C1(CCC(=O)O1)CC2. The summed E-state index contributed by atoms with van der Waals surface area (Å²) in [4.78, 5) is 11.2. The predicted molar refractivity (Wildman–Crippen MR) is 56.2 cm³/mol. The van der Waals surface area contributed by atoms with Gasteiger partial charge in [-0.25, -0.2) is 0 Å². The summed E-state index contributed by atoms with van der Waals surface area (Å²) in [6, 6.07) is 5.92. The molecule has 15 heavy (non-hydrogen) atoms. The van der Waals surface area contributed by atoms with Gasteiger partial charge in [-0.15, -0.1) is 0 Å². The van der Waals surface area contributed by atoms with Crippen molar-refractivity contribution >= 4 is 11.7 Å². The van der Waals surface area contributed by atoms with E-state index in [4.69, 9.17) is 10.5 Å². The van der Waals surface area contributed by atoms with Crippen LogP contribution in [-0.2, 0) is 21.6 Å². The Morgan fingerprint density at radius 2 is 2.07 bits per heavy atom. The van der Waals surface area contributed by atoms with Crippen molar-refractivity contribution in [3.8, 4) is 0 Å². The number of rotatable bonds is 0. The predicted octanol–water partition coefficient (Wildman–Crippen LogP) is 1.75. The summed E-state index contributed by atoms with van der Waals surface area (Å²) in [5.74, 6) is -0.0784. The number of nitrogens with two attached hydrogens (primary N) is 1. The number of esters is 1. The van der Waals surface area contributed by atoms with Crippen LogP contribution >= 0.6 is 0 Å².